The first-order chi connectivity index (χ1) is 11.0. The predicted octanol–water partition coefficient (Wildman–Crippen LogP) is -1.39. The fourth-order valence-corrected chi connectivity index (χ4v) is 2.69. The Hall–Kier alpha value is -2.38. The Balaban J connectivity index is 2.20. The maximum Gasteiger partial charge on any atom is 0.228 e. The Kier molecular flexibility index (Phi) is 3.83. The highest BCUT2D eigenvalue weighted by molar-refractivity contribution is 5.89. The molecule has 1 fully saturated rings. The van der Waals surface area contributed by atoms with Gasteiger partial charge in [0.15, 0.2) is 11.9 Å². The molecule has 23 heavy (non-hydrogen) atoms. The number of hydrogen-bond donors (Lipinski definition) is 4. The molecule has 1 aliphatic rings. The van der Waals surface area contributed by atoms with Gasteiger partial charge in [-0.15, -0.1) is 6.42 Å². The van der Waals surface area contributed by atoms with E-state index in [2.05, 4.69) is 15.9 Å². The van der Waals surface area contributed by atoms with Gasteiger partial charge in [0.1, 0.15) is 18.3 Å². The van der Waals surface area contributed by atoms with Crippen LogP contribution in [-0.4, -0.2) is 61.9 Å². The molecule has 3 rings (SSSR count). The molecule has 0 amide bonds. The van der Waals surface area contributed by atoms with Crippen LogP contribution in [0.4, 0.5) is 5.95 Å². The lowest BCUT2D eigenvalue weighted by Crippen LogP contribution is -2.33. The Bertz CT molecular complexity index is 784. The minimum Gasteiger partial charge on any atom is -0.480 e. The molecule has 3 heterocycles. The van der Waals surface area contributed by atoms with Gasteiger partial charge in [0, 0.05) is 6.20 Å². The van der Waals surface area contributed by atoms with Gasteiger partial charge < -0.3 is 35.1 Å². The van der Waals surface area contributed by atoms with Gasteiger partial charge in [0.2, 0.25) is 11.8 Å². The lowest BCUT2D eigenvalue weighted by molar-refractivity contribution is -0.0508. The Morgan fingerprint density at radius 1 is 1.43 bits per heavy atom. The minimum absolute atomic E-state index is 0.0379. The zero-order valence-corrected chi connectivity index (χ0v) is 12.2. The van der Waals surface area contributed by atoms with Gasteiger partial charge in [-0.05, 0) is 0 Å². The molecule has 2 aromatic heterocycles. The van der Waals surface area contributed by atoms with E-state index in [1.165, 1.54) is 17.9 Å². The average molecular weight is 320 g/mol. The first-order valence-corrected chi connectivity index (χ1v) is 6.83. The molecule has 0 aromatic carbocycles. The number of rotatable bonds is 3. The second-order valence-corrected chi connectivity index (χ2v) is 5.11. The quantitative estimate of drug-likeness (QED) is 0.508. The smallest absolute Gasteiger partial charge is 0.228 e. The SMILES string of the molecule is C#Cc1cn([C@@H]2O[C@H](CO)[C@@H](O)[C@H]2O)c2nc(N)nc(OC)c12. The summed E-state index contributed by atoms with van der Waals surface area (Å²) in [6.07, 6.45) is 2.64. The summed E-state index contributed by atoms with van der Waals surface area (Å²) in [7, 11) is 1.42. The van der Waals surface area contributed by atoms with Crippen molar-refractivity contribution in [1.29, 1.82) is 0 Å². The largest absolute Gasteiger partial charge is 0.480 e. The number of aliphatic hydroxyl groups excluding tert-OH is 3. The van der Waals surface area contributed by atoms with Gasteiger partial charge in [0.05, 0.1) is 24.7 Å². The number of nitrogens with zero attached hydrogens (tertiary/aromatic N) is 3. The summed E-state index contributed by atoms with van der Waals surface area (Å²) in [4.78, 5) is 8.10. The summed E-state index contributed by atoms with van der Waals surface area (Å²) in [5.41, 5.74) is 6.40. The number of ether oxygens (including phenoxy) is 2. The normalized spacial score (nSPS) is 27.3. The molecule has 5 N–H and O–H groups in total. The van der Waals surface area contributed by atoms with Gasteiger partial charge in [0.25, 0.3) is 0 Å². The number of fused-ring (bicyclic) bond motifs is 1. The van der Waals surface area contributed by atoms with E-state index >= 15 is 0 Å². The van der Waals surface area contributed by atoms with Crippen LogP contribution in [0.2, 0.25) is 0 Å². The highest BCUT2D eigenvalue weighted by atomic mass is 16.6. The number of anilines is 1. The molecule has 122 valence electrons. The van der Waals surface area contributed by atoms with Crippen LogP contribution in [0.3, 0.4) is 0 Å². The number of methoxy groups -OCH3 is 1. The van der Waals surface area contributed by atoms with E-state index in [1.54, 1.807) is 0 Å². The topological polar surface area (TPSA) is 136 Å². The highest BCUT2D eigenvalue weighted by Crippen LogP contribution is 2.35. The maximum atomic E-state index is 10.2. The second-order valence-electron chi connectivity index (χ2n) is 5.11. The van der Waals surface area contributed by atoms with Crippen LogP contribution < -0.4 is 10.5 Å². The van der Waals surface area contributed by atoms with Crippen molar-refractivity contribution in [3.8, 4) is 18.2 Å². The van der Waals surface area contributed by atoms with Gasteiger partial charge in [-0.25, -0.2) is 0 Å². The van der Waals surface area contributed by atoms with E-state index in [-0.39, 0.29) is 11.8 Å². The molecule has 0 spiro atoms. The summed E-state index contributed by atoms with van der Waals surface area (Å²) < 4.78 is 12.1. The van der Waals surface area contributed by atoms with E-state index in [0.29, 0.717) is 16.6 Å². The number of terminal acetylenes is 1. The summed E-state index contributed by atoms with van der Waals surface area (Å²) in [5.74, 6) is 2.65. The van der Waals surface area contributed by atoms with E-state index in [1.807, 2.05) is 0 Å². The standard InChI is InChI=1S/C14H16N4O5/c1-3-6-4-18(13-10(21)9(20)7(5-19)23-13)11-8(6)12(22-2)17-14(15)16-11/h1,4,7,9-10,13,19-21H,5H2,2H3,(H2,15,16,17)/t7-,9-,10-,13-/m1/s1. The third-order valence-electron chi connectivity index (χ3n) is 3.80. The fourth-order valence-electron chi connectivity index (χ4n) is 2.69. The van der Waals surface area contributed by atoms with Crippen LogP contribution in [0.15, 0.2) is 6.20 Å². The summed E-state index contributed by atoms with van der Waals surface area (Å²) in [6.45, 7) is -0.434. The fraction of sp³-hybridized carbons (Fsp3) is 0.429. The van der Waals surface area contributed by atoms with E-state index < -0.39 is 31.1 Å². The number of nitrogen functional groups attached to an aromatic ring is 1. The van der Waals surface area contributed by atoms with E-state index in [4.69, 9.17) is 21.6 Å². The Morgan fingerprint density at radius 2 is 2.17 bits per heavy atom. The Morgan fingerprint density at radius 3 is 2.74 bits per heavy atom. The molecular formula is C14H16N4O5. The molecule has 9 heteroatoms. The number of aromatic nitrogens is 3. The molecule has 2 aromatic rings. The first-order valence-electron chi connectivity index (χ1n) is 6.83. The molecule has 9 nitrogen and oxygen atoms in total. The van der Waals surface area contributed by atoms with Crippen LogP contribution in [0.25, 0.3) is 11.0 Å². The van der Waals surface area contributed by atoms with Crippen molar-refractivity contribution < 1.29 is 24.8 Å². The number of nitrogens with two attached hydrogens (primary N) is 1. The van der Waals surface area contributed by atoms with Crippen LogP contribution in [-0.2, 0) is 4.74 Å². The second kappa shape index (κ2) is 5.68. The first kappa shape index (κ1) is 15.5. The molecule has 0 radical (unpaired) electrons. The summed E-state index contributed by atoms with van der Waals surface area (Å²) >= 11 is 0. The highest BCUT2D eigenvalue weighted by Gasteiger charge is 2.44. The van der Waals surface area contributed by atoms with Gasteiger partial charge in [-0.2, -0.15) is 9.97 Å². The van der Waals surface area contributed by atoms with Crippen LogP contribution in [0, 0.1) is 12.3 Å². The van der Waals surface area contributed by atoms with E-state index in [9.17, 15) is 15.3 Å². The van der Waals surface area contributed by atoms with Crippen molar-refractivity contribution in [3.63, 3.8) is 0 Å². The van der Waals surface area contributed by atoms with Crippen molar-refractivity contribution in [2.45, 2.75) is 24.5 Å². The van der Waals surface area contributed by atoms with Gasteiger partial charge >= 0.3 is 0 Å². The van der Waals surface area contributed by atoms with Gasteiger partial charge in [-0.1, -0.05) is 5.92 Å². The van der Waals surface area contributed by atoms with Crippen molar-refractivity contribution in [2.75, 3.05) is 19.5 Å². The molecule has 4 atom stereocenters. The van der Waals surface area contributed by atoms with Crippen LogP contribution >= 0.6 is 0 Å². The van der Waals surface area contributed by atoms with E-state index in [0.717, 1.165) is 0 Å². The Labute approximate surface area is 131 Å². The van der Waals surface area contributed by atoms with Crippen molar-refractivity contribution in [3.05, 3.63) is 11.8 Å². The van der Waals surface area contributed by atoms with Crippen LogP contribution in [0.1, 0.15) is 11.8 Å². The number of aliphatic hydroxyl groups is 3. The zero-order valence-electron chi connectivity index (χ0n) is 12.2. The lowest BCUT2D eigenvalue weighted by atomic mass is 10.1. The van der Waals surface area contributed by atoms with Crippen molar-refractivity contribution in [2.24, 2.45) is 0 Å². The monoisotopic (exact) mass is 320 g/mol. The summed E-state index contributed by atoms with van der Waals surface area (Å²) in [5, 5.41) is 29.7. The molecule has 0 bridgehead atoms. The molecule has 0 aliphatic carbocycles. The lowest BCUT2D eigenvalue weighted by Gasteiger charge is -2.17. The van der Waals surface area contributed by atoms with Crippen molar-refractivity contribution >= 4 is 17.0 Å². The molecular weight excluding hydrogens is 304 g/mol. The number of hydrogen-bond acceptors (Lipinski definition) is 8. The molecule has 1 aliphatic heterocycles. The zero-order chi connectivity index (χ0) is 16.7. The molecule has 0 unspecified atom stereocenters. The summed E-state index contributed by atoms with van der Waals surface area (Å²) in [6, 6.07) is 0. The third-order valence-corrected chi connectivity index (χ3v) is 3.80. The molecule has 0 saturated carbocycles. The predicted molar refractivity (Wildman–Crippen MR) is 79.4 cm³/mol. The minimum atomic E-state index is -1.27. The maximum absolute atomic E-state index is 10.2. The van der Waals surface area contributed by atoms with Crippen LogP contribution in [0.5, 0.6) is 5.88 Å². The van der Waals surface area contributed by atoms with Crippen molar-refractivity contribution in [1.82, 2.24) is 14.5 Å². The molecule has 1 saturated heterocycles. The van der Waals surface area contributed by atoms with Gasteiger partial charge in [-0.3, -0.25) is 0 Å². The average Bonchev–Trinajstić information content (AvgIpc) is 3.05. The third kappa shape index (κ3) is 2.29.